The van der Waals surface area contributed by atoms with Crippen LogP contribution in [-0.2, 0) is 0 Å². The van der Waals surface area contributed by atoms with Crippen LogP contribution in [0, 0.1) is 0 Å². The first kappa shape index (κ1) is 13.6. The van der Waals surface area contributed by atoms with E-state index in [0.717, 1.165) is 15.3 Å². The fourth-order valence-electron chi connectivity index (χ4n) is 1.82. The second-order valence-corrected chi connectivity index (χ2v) is 5.75. The van der Waals surface area contributed by atoms with Crippen LogP contribution in [0.2, 0.25) is 0 Å². The molecule has 0 saturated heterocycles. The molecule has 6 nitrogen and oxygen atoms in total. The molecule has 3 rings (SSSR count). The molecule has 0 atom stereocenters. The smallest absolute Gasteiger partial charge is 0.242 e. The Labute approximate surface area is 126 Å². The van der Waals surface area contributed by atoms with Gasteiger partial charge in [-0.2, -0.15) is 4.98 Å². The van der Waals surface area contributed by atoms with Gasteiger partial charge in [0.1, 0.15) is 12.0 Å². The Morgan fingerprint density at radius 2 is 2.05 bits per heavy atom. The lowest BCUT2D eigenvalue weighted by atomic mass is 10.3. The van der Waals surface area contributed by atoms with Gasteiger partial charge in [-0.15, -0.1) is 0 Å². The van der Waals surface area contributed by atoms with E-state index < -0.39 is 0 Å². The summed E-state index contributed by atoms with van der Waals surface area (Å²) in [6, 6.07) is 7.93. The van der Waals surface area contributed by atoms with Gasteiger partial charge >= 0.3 is 0 Å². The van der Waals surface area contributed by atoms with Gasteiger partial charge in [0.05, 0.1) is 16.3 Å². The number of hydrogen-bond donors (Lipinski definition) is 2. The van der Waals surface area contributed by atoms with E-state index in [-0.39, 0.29) is 6.10 Å². The van der Waals surface area contributed by atoms with Crippen LogP contribution in [0.1, 0.15) is 13.8 Å². The highest BCUT2D eigenvalue weighted by molar-refractivity contribution is 7.22. The summed E-state index contributed by atoms with van der Waals surface area (Å²) in [6.45, 7) is 3.84. The highest BCUT2D eigenvalue weighted by Gasteiger charge is 2.12. The maximum atomic E-state index is 6.04. The number of nitrogen functional groups attached to an aromatic ring is 1. The fourth-order valence-corrected chi connectivity index (χ4v) is 2.69. The Hall–Kier alpha value is -2.41. The van der Waals surface area contributed by atoms with Crippen LogP contribution in [-0.4, -0.2) is 21.1 Å². The Kier molecular flexibility index (Phi) is 3.57. The second-order valence-electron chi connectivity index (χ2n) is 4.72. The first-order valence-electron chi connectivity index (χ1n) is 6.53. The lowest BCUT2D eigenvalue weighted by Crippen LogP contribution is -2.10. The molecule has 3 aromatic rings. The molecule has 21 heavy (non-hydrogen) atoms. The number of nitrogens with two attached hydrogens (primary N) is 1. The average Bonchev–Trinajstić information content (AvgIpc) is 2.85. The molecule has 0 radical (unpaired) electrons. The normalized spacial score (nSPS) is 11.0. The minimum Gasteiger partial charge on any atom is -0.473 e. The van der Waals surface area contributed by atoms with Crippen molar-refractivity contribution in [1.82, 2.24) is 15.0 Å². The molecule has 3 N–H and O–H groups in total. The third kappa shape index (κ3) is 2.87. The number of fused-ring (bicyclic) bond motifs is 1. The van der Waals surface area contributed by atoms with Gasteiger partial charge in [-0.3, -0.25) is 0 Å². The Morgan fingerprint density at radius 3 is 2.81 bits per heavy atom. The van der Waals surface area contributed by atoms with Crippen LogP contribution < -0.4 is 15.8 Å². The number of ether oxygens (including phenoxy) is 1. The number of para-hydroxylation sites is 1. The molecular formula is C14H15N5OS. The van der Waals surface area contributed by atoms with Crippen molar-refractivity contribution in [1.29, 1.82) is 0 Å². The van der Waals surface area contributed by atoms with Crippen LogP contribution in [0.25, 0.3) is 10.2 Å². The SMILES string of the molecule is CC(C)Oc1ncnc(Nc2nc3ccccc3s2)c1N. The van der Waals surface area contributed by atoms with Crippen molar-refractivity contribution in [2.45, 2.75) is 20.0 Å². The largest absolute Gasteiger partial charge is 0.473 e. The Morgan fingerprint density at radius 1 is 1.24 bits per heavy atom. The van der Waals surface area contributed by atoms with Crippen LogP contribution in [0.15, 0.2) is 30.6 Å². The van der Waals surface area contributed by atoms with Crippen molar-refractivity contribution in [3.63, 3.8) is 0 Å². The lowest BCUT2D eigenvalue weighted by molar-refractivity contribution is 0.234. The van der Waals surface area contributed by atoms with E-state index in [0.29, 0.717) is 17.4 Å². The van der Waals surface area contributed by atoms with Crippen molar-refractivity contribution in [3.8, 4) is 5.88 Å². The second kappa shape index (κ2) is 5.53. The zero-order valence-electron chi connectivity index (χ0n) is 11.7. The molecule has 1 aromatic carbocycles. The summed E-state index contributed by atoms with van der Waals surface area (Å²) in [7, 11) is 0. The molecule has 2 aromatic heterocycles. The predicted molar refractivity (Wildman–Crippen MR) is 85.1 cm³/mol. The maximum Gasteiger partial charge on any atom is 0.242 e. The monoisotopic (exact) mass is 301 g/mol. The zero-order chi connectivity index (χ0) is 14.8. The van der Waals surface area contributed by atoms with Gasteiger partial charge < -0.3 is 15.8 Å². The summed E-state index contributed by atoms with van der Waals surface area (Å²) in [4.78, 5) is 12.7. The van der Waals surface area contributed by atoms with E-state index >= 15 is 0 Å². The van der Waals surface area contributed by atoms with Gasteiger partial charge in [-0.25, -0.2) is 9.97 Å². The molecule has 108 valence electrons. The van der Waals surface area contributed by atoms with Crippen molar-refractivity contribution >= 4 is 38.2 Å². The van der Waals surface area contributed by atoms with Gasteiger partial charge in [-0.05, 0) is 26.0 Å². The standard InChI is InChI=1S/C14H15N5OS/c1-8(2)20-13-11(15)12(16-7-17-13)19-14-18-9-5-3-4-6-10(9)21-14/h3-8H,15H2,1-2H3,(H,16,17,18,19). The topological polar surface area (TPSA) is 86.0 Å². The van der Waals surface area contributed by atoms with E-state index in [1.165, 1.54) is 6.33 Å². The average molecular weight is 301 g/mol. The molecule has 2 heterocycles. The first-order chi connectivity index (χ1) is 10.1. The summed E-state index contributed by atoms with van der Waals surface area (Å²) in [5.74, 6) is 0.878. The molecule has 0 aliphatic carbocycles. The number of hydrogen-bond acceptors (Lipinski definition) is 7. The summed E-state index contributed by atoms with van der Waals surface area (Å²) < 4.78 is 6.65. The number of thiazole rings is 1. The van der Waals surface area contributed by atoms with E-state index in [1.807, 2.05) is 38.1 Å². The van der Waals surface area contributed by atoms with Crippen LogP contribution in [0.5, 0.6) is 5.88 Å². The molecule has 7 heteroatoms. The van der Waals surface area contributed by atoms with Crippen molar-refractivity contribution < 1.29 is 4.74 Å². The van der Waals surface area contributed by atoms with Crippen LogP contribution >= 0.6 is 11.3 Å². The van der Waals surface area contributed by atoms with Gasteiger partial charge in [0.2, 0.25) is 5.88 Å². The number of nitrogens with one attached hydrogen (secondary N) is 1. The van der Waals surface area contributed by atoms with Crippen LogP contribution in [0.4, 0.5) is 16.6 Å². The molecule has 0 saturated carbocycles. The Balaban J connectivity index is 1.90. The minimum absolute atomic E-state index is 0.00231. The molecule has 0 aliphatic heterocycles. The minimum atomic E-state index is -0.00231. The summed E-state index contributed by atoms with van der Waals surface area (Å²) >= 11 is 1.54. The highest BCUT2D eigenvalue weighted by Crippen LogP contribution is 2.31. The fraction of sp³-hybridized carbons (Fsp3) is 0.214. The molecular weight excluding hydrogens is 286 g/mol. The van der Waals surface area contributed by atoms with Crippen molar-refractivity contribution in [3.05, 3.63) is 30.6 Å². The first-order valence-corrected chi connectivity index (χ1v) is 7.35. The molecule has 0 bridgehead atoms. The van der Waals surface area contributed by atoms with Crippen LogP contribution in [0.3, 0.4) is 0 Å². The highest BCUT2D eigenvalue weighted by atomic mass is 32.1. The van der Waals surface area contributed by atoms with E-state index in [2.05, 4.69) is 20.3 Å². The van der Waals surface area contributed by atoms with Gasteiger partial charge in [0.15, 0.2) is 10.9 Å². The molecule has 0 fully saturated rings. The predicted octanol–water partition coefficient (Wildman–Crippen LogP) is 3.20. The third-order valence-corrected chi connectivity index (χ3v) is 3.67. The molecule has 0 aliphatic rings. The molecule has 0 amide bonds. The molecule has 0 spiro atoms. The third-order valence-electron chi connectivity index (χ3n) is 2.71. The number of nitrogens with zero attached hydrogens (tertiary/aromatic N) is 3. The number of benzene rings is 1. The van der Waals surface area contributed by atoms with Crippen molar-refractivity contribution in [2.24, 2.45) is 0 Å². The zero-order valence-corrected chi connectivity index (χ0v) is 12.5. The van der Waals surface area contributed by atoms with Gasteiger partial charge in [0, 0.05) is 0 Å². The van der Waals surface area contributed by atoms with Gasteiger partial charge in [-0.1, -0.05) is 23.5 Å². The van der Waals surface area contributed by atoms with Gasteiger partial charge in [0.25, 0.3) is 0 Å². The van der Waals surface area contributed by atoms with Crippen molar-refractivity contribution in [2.75, 3.05) is 11.1 Å². The number of anilines is 3. The number of rotatable bonds is 4. The lowest BCUT2D eigenvalue weighted by Gasteiger charge is -2.12. The maximum absolute atomic E-state index is 6.04. The van der Waals surface area contributed by atoms with E-state index in [9.17, 15) is 0 Å². The van der Waals surface area contributed by atoms with E-state index in [1.54, 1.807) is 11.3 Å². The summed E-state index contributed by atoms with van der Waals surface area (Å²) in [5, 5.41) is 3.86. The van der Waals surface area contributed by atoms with E-state index in [4.69, 9.17) is 10.5 Å². The Bertz CT molecular complexity index is 738. The number of aromatic nitrogens is 3. The summed E-state index contributed by atoms with van der Waals surface area (Å²) in [5.41, 5.74) is 7.36. The quantitative estimate of drug-likeness (QED) is 0.769. The summed E-state index contributed by atoms with van der Waals surface area (Å²) in [6.07, 6.45) is 1.42. The molecule has 0 unspecified atom stereocenters.